The van der Waals surface area contributed by atoms with Gasteiger partial charge in [0.05, 0.1) is 5.71 Å². The van der Waals surface area contributed by atoms with Crippen LogP contribution in [0.15, 0.2) is 41.5 Å². The van der Waals surface area contributed by atoms with Crippen LogP contribution in [0.4, 0.5) is 0 Å². The average molecular weight is 280 g/mol. The van der Waals surface area contributed by atoms with E-state index in [1.165, 1.54) is 30.0 Å². The zero-order valence-corrected chi connectivity index (χ0v) is 12.1. The van der Waals surface area contributed by atoms with Gasteiger partial charge in [0.2, 0.25) is 0 Å². The number of rotatable bonds is 0. The second-order valence-electron chi connectivity index (χ2n) is 6.26. The molecule has 0 unspecified atom stereocenters. The molecule has 3 heteroatoms. The van der Waals surface area contributed by atoms with Crippen molar-refractivity contribution >= 4 is 16.5 Å². The minimum atomic E-state index is -0.0897. The van der Waals surface area contributed by atoms with Crippen LogP contribution in [0.25, 0.3) is 10.8 Å². The summed E-state index contributed by atoms with van der Waals surface area (Å²) < 4.78 is 6.57. The molecular formula is C18H20N2O. The highest BCUT2D eigenvalue weighted by Crippen LogP contribution is 2.44. The fourth-order valence-electron chi connectivity index (χ4n) is 3.82. The Labute approximate surface area is 124 Å². The molecule has 2 N–H and O–H groups in total. The second kappa shape index (κ2) is 4.76. The Balaban J connectivity index is 1.91. The number of ether oxygens (including phenoxy) is 1. The van der Waals surface area contributed by atoms with Crippen LogP contribution in [0, 0.1) is 0 Å². The highest BCUT2D eigenvalue weighted by atomic mass is 16.5. The van der Waals surface area contributed by atoms with E-state index in [-0.39, 0.29) is 5.60 Å². The molecule has 1 heterocycles. The summed E-state index contributed by atoms with van der Waals surface area (Å²) in [7, 11) is 0. The van der Waals surface area contributed by atoms with Crippen molar-refractivity contribution in [3.8, 4) is 5.75 Å². The molecule has 3 nitrogen and oxygen atoms in total. The van der Waals surface area contributed by atoms with Crippen molar-refractivity contribution in [1.82, 2.24) is 0 Å². The first kappa shape index (κ1) is 12.7. The maximum atomic E-state index is 6.57. The summed E-state index contributed by atoms with van der Waals surface area (Å²) >= 11 is 0. The van der Waals surface area contributed by atoms with Gasteiger partial charge in [-0.25, -0.2) is 0 Å². The van der Waals surface area contributed by atoms with Crippen LogP contribution in [0.3, 0.4) is 0 Å². The van der Waals surface area contributed by atoms with E-state index in [0.717, 1.165) is 36.3 Å². The second-order valence-corrected chi connectivity index (χ2v) is 6.26. The molecule has 0 atom stereocenters. The predicted molar refractivity (Wildman–Crippen MR) is 85.7 cm³/mol. The van der Waals surface area contributed by atoms with Gasteiger partial charge in [-0.15, -0.1) is 0 Å². The average Bonchev–Trinajstić information content (AvgIpc) is 2.55. The fourth-order valence-corrected chi connectivity index (χ4v) is 3.82. The van der Waals surface area contributed by atoms with E-state index >= 15 is 0 Å². The van der Waals surface area contributed by atoms with E-state index in [0.29, 0.717) is 0 Å². The number of hydrogen-bond acceptors (Lipinski definition) is 3. The van der Waals surface area contributed by atoms with Crippen LogP contribution in [0.2, 0.25) is 0 Å². The first-order chi connectivity index (χ1) is 10.3. The van der Waals surface area contributed by atoms with Crippen molar-refractivity contribution in [1.29, 1.82) is 0 Å². The van der Waals surface area contributed by atoms with Crippen LogP contribution in [-0.4, -0.2) is 11.3 Å². The molecule has 2 aliphatic rings. The maximum Gasteiger partial charge on any atom is 0.137 e. The zero-order chi connectivity index (χ0) is 14.3. The Morgan fingerprint density at radius 3 is 2.62 bits per heavy atom. The quantitative estimate of drug-likeness (QED) is 0.586. The van der Waals surface area contributed by atoms with E-state index in [2.05, 4.69) is 41.5 Å². The standard InChI is InChI=1S/C18H20N2O/c19-20-16-12-18(10-4-1-5-11-18)21-17-14-7-3-2-6-13(14)8-9-15(16)17/h2-3,6-9H,1,4-5,10-12,19H2/b20-16+. The third-order valence-corrected chi connectivity index (χ3v) is 4.92. The predicted octanol–water partition coefficient (Wildman–Crippen LogP) is 3.99. The highest BCUT2D eigenvalue weighted by molar-refractivity contribution is 6.09. The minimum Gasteiger partial charge on any atom is -0.486 e. The summed E-state index contributed by atoms with van der Waals surface area (Å²) in [6.07, 6.45) is 6.83. The first-order valence-corrected chi connectivity index (χ1v) is 7.79. The van der Waals surface area contributed by atoms with Gasteiger partial charge in [0.1, 0.15) is 11.4 Å². The van der Waals surface area contributed by atoms with Crippen LogP contribution < -0.4 is 10.6 Å². The van der Waals surface area contributed by atoms with E-state index in [9.17, 15) is 0 Å². The fraction of sp³-hybridized carbons (Fsp3) is 0.389. The molecule has 1 saturated carbocycles. The van der Waals surface area contributed by atoms with Gasteiger partial charge >= 0.3 is 0 Å². The van der Waals surface area contributed by atoms with Gasteiger partial charge in [0, 0.05) is 17.4 Å². The topological polar surface area (TPSA) is 47.6 Å². The lowest BCUT2D eigenvalue weighted by Gasteiger charge is -2.42. The summed E-state index contributed by atoms with van der Waals surface area (Å²) in [6.45, 7) is 0. The van der Waals surface area contributed by atoms with Gasteiger partial charge in [-0.1, -0.05) is 36.8 Å². The van der Waals surface area contributed by atoms with E-state index in [1.807, 2.05) is 0 Å². The third kappa shape index (κ3) is 1.99. The molecule has 108 valence electrons. The molecule has 2 aromatic carbocycles. The number of fused-ring (bicyclic) bond motifs is 3. The Bertz CT molecular complexity index is 714. The van der Waals surface area contributed by atoms with E-state index in [1.54, 1.807) is 0 Å². The van der Waals surface area contributed by atoms with Crippen LogP contribution >= 0.6 is 0 Å². The summed E-state index contributed by atoms with van der Waals surface area (Å²) in [4.78, 5) is 0. The van der Waals surface area contributed by atoms with Crippen molar-refractivity contribution in [3.63, 3.8) is 0 Å². The Morgan fingerprint density at radius 1 is 1.00 bits per heavy atom. The maximum absolute atomic E-state index is 6.57. The highest BCUT2D eigenvalue weighted by Gasteiger charge is 2.40. The molecule has 4 rings (SSSR count). The van der Waals surface area contributed by atoms with Gasteiger partial charge < -0.3 is 10.6 Å². The molecule has 1 spiro atoms. The lowest BCUT2D eigenvalue weighted by Crippen LogP contribution is -2.44. The zero-order valence-electron chi connectivity index (χ0n) is 12.1. The molecule has 0 aromatic heterocycles. The summed E-state index contributed by atoms with van der Waals surface area (Å²) in [5.41, 5.74) is 1.96. The number of nitrogens with zero attached hydrogens (tertiary/aromatic N) is 1. The van der Waals surface area contributed by atoms with Crippen molar-refractivity contribution in [2.75, 3.05) is 0 Å². The molecule has 21 heavy (non-hydrogen) atoms. The Kier molecular flexibility index (Phi) is 2.88. The summed E-state index contributed by atoms with van der Waals surface area (Å²) in [6, 6.07) is 12.6. The smallest absolute Gasteiger partial charge is 0.137 e. The molecule has 1 aliphatic carbocycles. The largest absolute Gasteiger partial charge is 0.486 e. The molecule has 1 aliphatic heterocycles. The lowest BCUT2D eigenvalue weighted by molar-refractivity contribution is 0.0337. The SMILES string of the molecule is N/N=C1\CC2(CCCCC2)Oc2c1ccc1ccccc21. The van der Waals surface area contributed by atoms with Crippen LogP contribution in [-0.2, 0) is 0 Å². The molecule has 2 aromatic rings. The monoisotopic (exact) mass is 280 g/mol. The van der Waals surface area contributed by atoms with Crippen LogP contribution in [0.1, 0.15) is 44.1 Å². The molecule has 0 amide bonds. The van der Waals surface area contributed by atoms with E-state index < -0.39 is 0 Å². The number of nitrogens with two attached hydrogens (primary N) is 1. The summed E-state index contributed by atoms with van der Waals surface area (Å²) in [5, 5.41) is 6.46. The Morgan fingerprint density at radius 2 is 1.81 bits per heavy atom. The van der Waals surface area contributed by atoms with Crippen molar-refractivity contribution in [3.05, 3.63) is 42.0 Å². The summed E-state index contributed by atoms with van der Waals surface area (Å²) in [5.74, 6) is 6.66. The van der Waals surface area contributed by atoms with Gasteiger partial charge in [0.25, 0.3) is 0 Å². The molecule has 0 bridgehead atoms. The number of hydrazone groups is 1. The van der Waals surface area contributed by atoms with Crippen LogP contribution in [0.5, 0.6) is 5.75 Å². The van der Waals surface area contributed by atoms with Crippen molar-refractivity contribution in [2.24, 2.45) is 10.9 Å². The first-order valence-electron chi connectivity index (χ1n) is 7.79. The number of hydrogen-bond donors (Lipinski definition) is 1. The minimum absolute atomic E-state index is 0.0897. The normalized spacial score (nSPS) is 22.2. The van der Waals surface area contributed by atoms with Gasteiger partial charge in [-0.3, -0.25) is 0 Å². The van der Waals surface area contributed by atoms with Gasteiger partial charge in [-0.2, -0.15) is 5.10 Å². The van der Waals surface area contributed by atoms with Gasteiger partial charge in [-0.05, 0) is 37.1 Å². The van der Waals surface area contributed by atoms with Crippen molar-refractivity contribution in [2.45, 2.75) is 44.1 Å². The molecular weight excluding hydrogens is 260 g/mol. The third-order valence-electron chi connectivity index (χ3n) is 4.92. The molecule has 0 saturated heterocycles. The molecule has 1 fully saturated rings. The lowest BCUT2D eigenvalue weighted by atomic mass is 9.78. The Hall–Kier alpha value is -2.03. The molecule has 0 radical (unpaired) electrons. The van der Waals surface area contributed by atoms with Gasteiger partial charge in [0.15, 0.2) is 0 Å². The van der Waals surface area contributed by atoms with E-state index in [4.69, 9.17) is 10.6 Å². The number of benzene rings is 2. The van der Waals surface area contributed by atoms with Crippen molar-refractivity contribution < 1.29 is 4.74 Å².